The molecule has 0 unspecified atom stereocenters. The molecule has 0 aliphatic carbocycles. The summed E-state index contributed by atoms with van der Waals surface area (Å²) in [6.45, 7) is 10.1. The highest BCUT2D eigenvalue weighted by Crippen LogP contribution is 1.89. The molecule has 0 aromatic heterocycles. The zero-order valence-corrected chi connectivity index (χ0v) is 6.96. The Morgan fingerprint density at radius 3 is 2.18 bits per heavy atom. The van der Waals surface area contributed by atoms with E-state index >= 15 is 0 Å². The molecule has 11 heavy (non-hydrogen) atoms. The monoisotopic (exact) mass is 158 g/mol. The van der Waals surface area contributed by atoms with Crippen molar-refractivity contribution < 1.29 is 14.6 Å². The van der Waals surface area contributed by atoms with Gasteiger partial charge in [0.15, 0.2) is 0 Å². The van der Waals surface area contributed by atoms with Crippen LogP contribution >= 0.6 is 0 Å². The zero-order valence-electron chi connectivity index (χ0n) is 6.96. The first-order valence-electron chi connectivity index (χ1n) is 3.17. The van der Waals surface area contributed by atoms with Crippen LogP contribution in [0.25, 0.3) is 0 Å². The highest BCUT2D eigenvalue weighted by Gasteiger charge is 1.98. The van der Waals surface area contributed by atoms with Crippen LogP contribution in [-0.2, 0) is 9.53 Å². The average molecular weight is 158 g/mol. The minimum absolute atomic E-state index is 0.312. The van der Waals surface area contributed by atoms with E-state index in [0.717, 1.165) is 6.26 Å². The molecular formula is C8H14O3. The number of hydrogen-bond donors (Lipinski definition) is 1. The van der Waals surface area contributed by atoms with Crippen LogP contribution in [0.5, 0.6) is 0 Å². The van der Waals surface area contributed by atoms with Gasteiger partial charge in [-0.05, 0) is 13.8 Å². The van der Waals surface area contributed by atoms with Crippen LogP contribution in [0, 0.1) is 0 Å². The molecule has 0 fully saturated rings. The van der Waals surface area contributed by atoms with Crippen LogP contribution in [0.4, 0.5) is 0 Å². The number of aliphatic hydroxyl groups is 1. The van der Waals surface area contributed by atoms with Gasteiger partial charge in [0.25, 0.3) is 0 Å². The third-order valence-corrected chi connectivity index (χ3v) is 0.624. The Morgan fingerprint density at radius 2 is 2.09 bits per heavy atom. The smallest absolute Gasteiger partial charge is 0.333 e. The molecule has 64 valence electrons. The van der Waals surface area contributed by atoms with Crippen LogP contribution in [-0.4, -0.2) is 17.7 Å². The fourth-order valence-electron chi connectivity index (χ4n) is 0.254. The second kappa shape index (κ2) is 8.75. The molecule has 0 amide bonds. The summed E-state index contributed by atoms with van der Waals surface area (Å²) in [5, 5.41) is 7.33. The first kappa shape index (κ1) is 12.4. The molecule has 0 saturated carbocycles. The second-order valence-corrected chi connectivity index (χ2v) is 1.68. The number of ether oxygens (including phenoxy) is 1. The Bertz CT molecular complexity index is 138. The minimum atomic E-state index is -0.312. The predicted octanol–water partition coefficient (Wildman–Crippen LogP) is 1.81. The number of esters is 1. The number of aliphatic hydroxyl groups excluding tert-OH is 1. The highest BCUT2D eigenvalue weighted by molar-refractivity contribution is 5.86. The molecule has 3 heteroatoms. The van der Waals surface area contributed by atoms with Crippen molar-refractivity contribution in [1.82, 2.24) is 0 Å². The van der Waals surface area contributed by atoms with Gasteiger partial charge in [0.2, 0.25) is 0 Å². The maximum absolute atomic E-state index is 10.4. The first-order valence-corrected chi connectivity index (χ1v) is 3.17. The largest absolute Gasteiger partial charge is 0.516 e. The summed E-state index contributed by atoms with van der Waals surface area (Å²) >= 11 is 0. The molecule has 0 radical (unpaired) electrons. The quantitative estimate of drug-likeness (QED) is 0.379. The van der Waals surface area contributed by atoms with Crippen LogP contribution in [0.1, 0.15) is 13.8 Å². The van der Waals surface area contributed by atoms with E-state index in [1.165, 1.54) is 0 Å². The van der Waals surface area contributed by atoms with Crippen LogP contribution < -0.4 is 0 Å². The lowest BCUT2D eigenvalue weighted by Crippen LogP contribution is -2.03. The third kappa shape index (κ3) is 12.1. The van der Waals surface area contributed by atoms with E-state index in [9.17, 15) is 4.79 Å². The van der Waals surface area contributed by atoms with Gasteiger partial charge < -0.3 is 9.84 Å². The van der Waals surface area contributed by atoms with Crippen LogP contribution in [0.2, 0.25) is 0 Å². The predicted molar refractivity (Wildman–Crippen MR) is 44.3 cm³/mol. The maximum Gasteiger partial charge on any atom is 0.333 e. The lowest BCUT2D eigenvalue weighted by molar-refractivity contribution is -0.138. The van der Waals surface area contributed by atoms with Crippen molar-refractivity contribution in [2.45, 2.75) is 13.8 Å². The lowest BCUT2D eigenvalue weighted by atomic mass is 10.4. The van der Waals surface area contributed by atoms with Crippen molar-refractivity contribution >= 4 is 5.97 Å². The van der Waals surface area contributed by atoms with Gasteiger partial charge in [-0.2, -0.15) is 0 Å². The molecule has 0 aliphatic rings. The van der Waals surface area contributed by atoms with E-state index in [1.54, 1.807) is 13.8 Å². The molecule has 3 nitrogen and oxygen atoms in total. The number of rotatable bonds is 2. The van der Waals surface area contributed by atoms with Crippen LogP contribution in [0.15, 0.2) is 25.0 Å². The van der Waals surface area contributed by atoms with Crippen molar-refractivity contribution in [1.29, 1.82) is 0 Å². The molecule has 0 aliphatic heterocycles. The maximum atomic E-state index is 10.4. The lowest BCUT2D eigenvalue weighted by Gasteiger charge is -1.96. The van der Waals surface area contributed by atoms with Gasteiger partial charge in [-0.1, -0.05) is 13.2 Å². The molecule has 0 bridgehead atoms. The van der Waals surface area contributed by atoms with Gasteiger partial charge in [-0.3, -0.25) is 0 Å². The van der Waals surface area contributed by atoms with Crippen LogP contribution in [0.3, 0.4) is 0 Å². The Balaban J connectivity index is 0. The third-order valence-electron chi connectivity index (χ3n) is 0.624. The summed E-state index contributed by atoms with van der Waals surface area (Å²) in [4.78, 5) is 10.4. The van der Waals surface area contributed by atoms with Gasteiger partial charge in [0.1, 0.15) is 0 Å². The topological polar surface area (TPSA) is 46.5 Å². The van der Waals surface area contributed by atoms with E-state index in [-0.39, 0.29) is 5.97 Å². The van der Waals surface area contributed by atoms with Gasteiger partial charge in [-0.15, -0.1) is 0 Å². The molecule has 1 N–H and O–H groups in total. The van der Waals surface area contributed by atoms with Crippen molar-refractivity contribution in [2.75, 3.05) is 6.61 Å². The van der Waals surface area contributed by atoms with Crippen molar-refractivity contribution in [3.63, 3.8) is 0 Å². The average Bonchev–Trinajstić information content (AvgIpc) is 1.90. The summed E-state index contributed by atoms with van der Waals surface area (Å²) in [5.74, 6) is -0.312. The zero-order chi connectivity index (χ0) is 9.28. The second-order valence-electron chi connectivity index (χ2n) is 1.68. The Morgan fingerprint density at radius 1 is 1.73 bits per heavy atom. The van der Waals surface area contributed by atoms with Crippen molar-refractivity contribution in [3.8, 4) is 0 Å². The van der Waals surface area contributed by atoms with Gasteiger partial charge in [-0.25, -0.2) is 4.79 Å². The SMILES string of the molecule is C=C(C)C(=O)OCC.C=CO. The van der Waals surface area contributed by atoms with Gasteiger partial charge in [0, 0.05) is 5.57 Å². The Hall–Kier alpha value is -1.25. The summed E-state index contributed by atoms with van der Waals surface area (Å²) in [7, 11) is 0. The summed E-state index contributed by atoms with van der Waals surface area (Å²) < 4.78 is 4.56. The van der Waals surface area contributed by atoms with Crippen molar-refractivity contribution in [2.24, 2.45) is 0 Å². The van der Waals surface area contributed by atoms with E-state index in [0.29, 0.717) is 12.2 Å². The summed E-state index contributed by atoms with van der Waals surface area (Å²) in [6, 6.07) is 0. The summed E-state index contributed by atoms with van der Waals surface area (Å²) in [6.07, 6.45) is 0.750. The molecule has 0 aromatic carbocycles. The number of carbonyl (C=O) groups is 1. The van der Waals surface area contributed by atoms with E-state index in [4.69, 9.17) is 5.11 Å². The fourth-order valence-corrected chi connectivity index (χ4v) is 0.254. The van der Waals surface area contributed by atoms with Gasteiger partial charge >= 0.3 is 5.97 Å². The Kier molecular flexibility index (Phi) is 9.89. The first-order chi connectivity index (χ1) is 5.09. The van der Waals surface area contributed by atoms with E-state index < -0.39 is 0 Å². The van der Waals surface area contributed by atoms with Crippen molar-refractivity contribution in [3.05, 3.63) is 25.0 Å². The standard InChI is InChI=1S/C6H10O2.C2H4O/c1-4-8-6(7)5(2)3;1-2-3/h2,4H2,1,3H3;2-3H,1H2. The van der Waals surface area contributed by atoms with E-state index in [2.05, 4.69) is 17.9 Å². The number of hydrogen-bond acceptors (Lipinski definition) is 3. The molecule has 0 spiro atoms. The molecule has 0 rings (SSSR count). The minimum Gasteiger partial charge on any atom is -0.516 e. The molecular weight excluding hydrogens is 144 g/mol. The Labute approximate surface area is 67.0 Å². The van der Waals surface area contributed by atoms with Gasteiger partial charge in [0.05, 0.1) is 12.9 Å². The molecule has 0 aromatic rings. The normalized spacial score (nSPS) is 7.09. The summed E-state index contributed by atoms with van der Waals surface area (Å²) in [5.41, 5.74) is 0.451. The molecule has 0 atom stereocenters. The van der Waals surface area contributed by atoms with E-state index in [1.807, 2.05) is 0 Å². The molecule has 0 heterocycles. The highest BCUT2D eigenvalue weighted by atomic mass is 16.5. The molecule has 0 saturated heterocycles. The fraction of sp³-hybridized carbons (Fsp3) is 0.375. The number of carbonyl (C=O) groups excluding carboxylic acids is 1.